The smallest absolute Gasteiger partial charge is 0.294 e. The van der Waals surface area contributed by atoms with Crippen molar-refractivity contribution in [2.24, 2.45) is 0 Å². The molecule has 4 aromatic rings. The molecule has 0 unspecified atom stereocenters. The number of amides is 1. The molecule has 0 bridgehead atoms. The number of hydrogen-bond acceptors (Lipinski definition) is 5. The summed E-state index contributed by atoms with van der Waals surface area (Å²) in [5.41, 5.74) is 4.17. The first-order valence-corrected chi connectivity index (χ1v) is 11.5. The topological polar surface area (TPSA) is 92.6 Å². The number of hydrogen-bond donors (Lipinski definition) is 1. The van der Waals surface area contributed by atoms with E-state index < -0.39 is 0 Å². The molecule has 2 aromatic heterocycles. The molecule has 1 N–H and O–H groups in total. The first kappa shape index (κ1) is 20.1. The molecule has 0 atom stereocenters. The van der Waals surface area contributed by atoms with Crippen LogP contribution < -0.4 is 5.56 Å². The second-order valence-corrected chi connectivity index (χ2v) is 8.94. The van der Waals surface area contributed by atoms with Gasteiger partial charge in [-0.25, -0.2) is 0 Å². The van der Waals surface area contributed by atoms with Crippen LogP contribution in [0.25, 0.3) is 16.7 Å². The summed E-state index contributed by atoms with van der Waals surface area (Å²) in [5, 5.41) is 8.23. The van der Waals surface area contributed by atoms with E-state index in [1.807, 2.05) is 23.1 Å². The first-order chi connectivity index (χ1) is 16.1. The van der Waals surface area contributed by atoms with Crippen LogP contribution in [0, 0.1) is 0 Å². The molecule has 6 rings (SSSR count). The lowest BCUT2D eigenvalue weighted by Crippen LogP contribution is -2.45. The van der Waals surface area contributed by atoms with Gasteiger partial charge in [0.25, 0.3) is 11.5 Å². The summed E-state index contributed by atoms with van der Waals surface area (Å²) in [6, 6.07) is 13.8. The predicted molar refractivity (Wildman–Crippen MR) is 123 cm³/mol. The lowest BCUT2D eigenvalue weighted by atomic mass is 9.83. The van der Waals surface area contributed by atoms with Crippen LogP contribution in [-0.2, 0) is 23.4 Å². The lowest BCUT2D eigenvalue weighted by molar-refractivity contribution is -0.0741. The van der Waals surface area contributed by atoms with Crippen molar-refractivity contribution < 1.29 is 9.53 Å². The van der Waals surface area contributed by atoms with Gasteiger partial charge in [0, 0.05) is 25.1 Å². The number of ether oxygens (including phenoxy) is 1. The molecule has 0 aliphatic carbocycles. The molecule has 1 saturated heterocycles. The van der Waals surface area contributed by atoms with E-state index in [0.717, 1.165) is 37.0 Å². The van der Waals surface area contributed by atoms with Crippen LogP contribution in [0.15, 0.2) is 47.3 Å². The third-order valence-electron chi connectivity index (χ3n) is 7.01. The number of likely N-dealkylation sites (tertiary alicyclic amines) is 1. The highest BCUT2D eigenvalue weighted by atomic mass is 16.5. The van der Waals surface area contributed by atoms with Gasteiger partial charge in [0.05, 0.1) is 23.2 Å². The number of aromatic nitrogens is 4. The Bertz CT molecular complexity index is 1450. The quantitative estimate of drug-likeness (QED) is 0.525. The summed E-state index contributed by atoms with van der Waals surface area (Å²) in [4.78, 5) is 30.6. The van der Waals surface area contributed by atoms with E-state index in [1.165, 1.54) is 11.1 Å². The summed E-state index contributed by atoms with van der Waals surface area (Å²) in [7, 11) is 0. The van der Waals surface area contributed by atoms with E-state index in [0.29, 0.717) is 30.8 Å². The molecule has 1 spiro atoms. The lowest BCUT2D eigenvalue weighted by Gasteiger charge is -2.39. The van der Waals surface area contributed by atoms with E-state index in [4.69, 9.17) is 4.74 Å². The molecule has 4 heterocycles. The Labute approximate surface area is 190 Å². The van der Waals surface area contributed by atoms with E-state index in [2.05, 4.69) is 40.3 Å². The SMILES string of the molecule is CCCc1nnc2c(=O)[nH]c3cc(C(=O)N4CCC5(CC4)OCc4ccccc45)ccc3n12. The van der Waals surface area contributed by atoms with Gasteiger partial charge in [0.2, 0.25) is 5.65 Å². The minimum absolute atomic E-state index is 0.0310. The molecule has 8 nitrogen and oxygen atoms in total. The fourth-order valence-electron chi connectivity index (χ4n) is 5.30. The number of piperidine rings is 1. The number of fused-ring (bicyclic) bond motifs is 5. The maximum atomic E-state index is 13.3. The van der Waals surface area contributed by atoms with Crippen LogP contribution >= 0.6 is 0 Å². The predicted octanol–water partition coefficient (Wildman–Crippen LogP) is 3.19. The van der Waals surface area contributed by atoms with Crippen molar-refractivity contribution in [3.8, 4) is 0 Å². The monoisotopic (exact) mass is 443 g/mol. The largest absolute Gasteiger partial charge is 0.365 e. The van der Waals surface area contributed by atoms with Crippen LogP contribution in [0.1, 0.15) is 53.5 Å². The number of rotatable bonds is 3. The Hall–Kier alpha value is -3.52. The van der Waals surface area contributed by atoms with Gasteiger partial charge in [-0.15, -0.1) is 10.2 Å². The summed E-state index contributed by atoms with van der Waals surface area (Å²) in [5.74, 6) is 0.720. The first-order valence-electron chi connectivity index (χ1n) is 11.5. The van der Waals surface area contributed by atoms with Crippen molar-refractivity contribution in [1.29, 1.82) is 0 Å². The number of carbonyl (C=O) groups excluding carboxylic acids is 1. The van der Waals surface area contributed by atoms with Crippen LogP contribution in [0.5, 0.6) is 0 Å². The molecular formula is C25H25N5O3. The Morgan fingerprint density at radius 3 is 2.79 bits per heavy atom. The van der Waals surface area contributed by atoms with Gasteiger partial charge < -0.3 is 14.6 Å². The number of nitrogens with zero attached hydrogens (tertiary/aromatic N) is 4. The second-order valence-electron chi connectivity index (χ2n) is 8.94. The summed E-state index contributed by atoms with van der Waals surface area (Å²) in [6.07, 6.45) is 3.18. The van der Waals surface area contributed by atoms with Crippen molar-refractivity contribution >= 4 is 22.6 Å². The van der Waals surface area contributed by atoms with Crippen LogP contribution in [0.2, 0.25) is 0 Å². The van der Waals surface area contributed by atoms with Crippen molar-refractivity contribution in [1.82, 2.24) is 24.5 Å². The molecule has 0 radical (unpaired) electrons. The van der Waals surface area contributed by atoms with Gasteiger partial charge >= 0.3 is 0 Å². The molecule has 2 aromatic carbocycles. The fraction of sp³-hybridized carbons (Fsp3) is 0.360. The summed E-state index contributed by atoms with van der Waals surface area (Å²) < 4.78 is 8.03. The zero-order valence-electron chi connectivity index (χ0n) is 18.5. The molecule has 168 valence electrons. The normalized spacial score (nSPS) is 17.2. The van der Waals surface area contributed by atoms with Crippen molar-refractivity contribution in [3.63, 3.8) is 0 Å². The zero-order valence-corrected chi connectivity index (χ0v) is 18.5. The van der Waals surface area contributed by atoms with Crippen molar-refractivity contribution in [2.75, 3.05) is 13.1 Å². The van der Waals surface area contributed by atoms with Gasteiger partial charge in [-0.05, 0) is 48.6 Å². The summed E-state index contributed by atoms with van der Waals surface area (Å²) in [6.45, 7) is 3.96. The number of benzene rings is 2. The highest BCUT2D eigenvalue weighted by molar-refractivity contribution is 5.97. The second kappa shape index (κ2) is 7.52. The fourth-order valence-corrected chi connectivity index (χ4v) is 5.30. The minimum Gasteiger partial charge on any atom is -0.365 e. The maximum absolute atomic E-state index is 13.3. The highest BCUT2D eigenvalue weighted by Gasteiger charge is 2.43. The molecule has 2 aliphatic heterocycles. The number of aromatic amines is 1. The Kier molecular flexibility index (Phi) is 4.58. The number of carbonyl (C=O) groups is 1. The number of aryl methyl sites for hydroxylation is 1. The Morgan fingerprint density at radius 1 is 1.15 bits per heavy atom. The standard InChI is InChI=1S/C25H25N5O3/c1-2-5-21-27-28-22-23(31)26-19-14-16(8-9-20(19)30(21)22)24(32)29-12-10-25(11-13-29)18-7-4-3-6-17(18)15-33-25/h3-4,6-9,14H,2,5,10-13,15H2,1H3,(H,26,31). The third kappa shape index (κ3) is 3.08. The van der Waals surface area contributed by atoms with Crippen LogP contribution in [0.3, 0.4) is 0 Å². The van der Waals surface area contributed by atoms with Crippen LogP contribution in [-0.4, -0.2) is 43.5 Å². The van der Waals surface area contributed by atoms with Crippen molar-refractivity contribution in [2.45, 2.75) is 44.8 Å². The molecular weight excluding hydrogens is 418 g/mol. The van der Waals surface area contributed by atoms with Crippen LogP contribution in [0.4, 0.5) is 0 Å². The minimum atomic E-state index is -0.307. The molecule has 1 fully saturated rings. The van der Waals surface area contributed by atoms with E-state index in [9.17, 15) is 9.59 Å². The van der Waals surface area contributed by atoms with Crippen molar-refractivity contribution in [3.05, 3.63) is 75.3 Å². The highest BCUT2D eigenvalue weighted by Crippen LogP contribution is 2.44. The zero-order chi connectivity index (χ0) is 22.6. The van der Waals surface area contributed by atoms with E-state index in [-0.39, 0.29) is 22.7 Å². The van der Waals surface area contributed by atoms with Gasteiger partial charge in [-0.1, -0.05) is 31.2 Å². The molecule has 2 aliphatic rings. The average Bonchev–Trinajstić information content (AvgIpc) is 3.42. The Morgan fingerprint density at radius 2 is 1.97 bits per heavy atom. The van der Waals surface area contributed by atoms with E-state index >= 15 is 0 Å². The molecule has 0 saturated carbocycles. The molecule has 33 heavy (non-hydrogen) atoms. The van der Waals surface area contributed by atoms with Gasteiger partial charge in [0.1, 0.15) is 5.82 Å². The third-order valence-corrected chi connectivity index (χ3v) is 7.01. The maximum Gasteiger partial charge on any atom is 0.294 e. The molecule has 1 amide bonds. The van der Waals surface area contributed by atoms with E-state index in [1.54, 1.807) is 10.5 Å². The van der Waals surface area contributed by atoms with Gasteiger partial charge in [-0.2, -0.15) is 0 Å². The number of H-pyrrole nitrogens is 1. The van der Waals surface area contributed by atoms with Gasteiger partial charge in [-0.3, -0.25) is 14.0 Å². The summed E-state index contributed by atoms with van der Waals surface area (Å²) >= 11 is 0. The van der Waals surface area contributed by atoms with Gasteiger partial charge in [0.15, 0.2) is 0 Å². The number of nitrogens with one attached hydrogen (secondary N) is 1. The average molecular weight is 444 g/mol. The Balaban J connectivity index is 1.29. The molecule has 8 heteroatoms.